The van der Waals surface area contributed by atoms with Gasteiger partial charge in [0, 0.05) is 22.1 Å². The third kappa shape index (κ3) is 19.0. The number of para-hydroxylation sites is 3. The zero-order chi connectivity index (χ0) is 53.4. The highest BCUT2D eigenvalue weighted by atomic mass is 35.7. The van der Waals surface area contributed by atoms with Gasteiger partial charge in [-0.15, -0.1) is 0 Å². The fourth-order valence-corrected chi connectivity index (χ4v) is 6.97. The molecule has 4 amide bonds. The number of nitrogens with two attached hydrogens (primary N) is 1. The van der Waals surface area contributed by atoms with Crippen molar-refractivity contribution in [3.63, 3.8) is 0 Å². The number of amides is 4. The Morgan fingerprint density at radius 1 is 0.603 bits per heavy atom. The Hall–Kier alpha value is -9.56. The first-order valence-corrected chi connectivity index (χ1v) is 23.8. The monoisotopic (exact) mass is 1060 g/mol. The second-order valence-electron chi connectivity index (χ2n) is 13.4. The van der Waals surface area contributed by atoms with Crippen molar-refractivity contribution in [2.24, 2.45) is 4.99 Å². The molecule has 376 valence electrons. The van der Waals surface area contributed by atoms with Gasteiger partial charge in [-0.25, -0.2) is 58.8 Å². The van der Waals surface area contributed by atoms with Crippen LogP contribution in [0.3, 0.4) is 0 Å². The van der Waals surface area contributed by atoms with E-state index >= 15 is 0 Å². The molecule has 0 fully saturated rings. The van der Waals surface area contributed by atoms with E-state index in [1.54, 1.807) is 97.1 Å². The number of aliphatic imine (C=N–C) groups is 1. The number of carbonyl (C=O) groups excluding carboxylic acids is 3. The summed E-state index contributed by atoms with van der Waals surface area (Å²) in [5, 5.41) is 9.15. The summed E-state index contributed by atoms with van der Waals surface area (Å²) < 4.78 is 85.8. The molecule has 3 aromatic heterocycles. The molecule has 8 N–H and O–H groups in total. The number of anilines is 5. The van der Waals surface area contributed by atoms with Crippen LogP contribution < -0.4 is 44.1 Å². The molecule has 73 heavy (non-hydrogen) atoms. The summed E-state index contributed by atoms with van der Waals surface area (Å²) in [4.78, 5) is 83.2. The molecule has 0 saturated carbocycles. The van der Waals surface area contributed by atoms with E-state index < -0.39 is 71.5 Å². The second-order valence-corrected chi connectivity index (χ2v) is 17.8. The van der Waals surface area contributed by atoms with Crippen LogP contribution in [-0.4, -0.2) is 63.9 Å². The van der Waals surface area contributed by atoms with E-state index in [0.29, 0.717) is 23.3 Å². The second kappa shape index (κ2) is 27.6. The fourth-order valence-electron chi connectivity index (χ4n) is 4.97. The molecular formula is C45H36ClF3N12O10S2. The molecule has 0 spiro atoms. The number of rotatable bonds is 8. The normalized spacial score (nSPS) is 10.2. The minimum Gasteiger partial charge on any atom is -0.383 e. The largest absolute Gasteiger partial charge is 0.383 e. The molecule has 5 aromatic carbocycles. The minimum absolute atomic E-state index is 0.136. The lowest BCUT2D eigenvalue weighted by molar-refractivity contribution is 0.261. The Labute approximate surface area is 415 Å². The van der Waals surface area contributed by atoms with Crippen molar-refractivity contribution in [2.45, 2.75) is 9.79 Å². The summed E-state index contributed by atoms with van der Waals surface area (Å²) in [6.45, 7) is 0. The maximum absolute atomic E-state index is 14.2. The summed E-state index contributed by atoms with van der Waals surface area (Å²) in [6, 6.07) is 39.3. The average Bonchev–Trinajstić information content (AvgIpc) is 3.37. The van der Waals surface area contributed by atoms with Gasteiger partial charge < -0.3 is 16.4 Å². The molecule has 22 nitrogen and oxygen atoms in total. The lowest BCUT2D eigenvalue weighted by atomic mass is 10.3. The Balaban J connectivity index is 0.000000215. The molecule has 8 aromatic rings. The van der Waals surface area contributed by atoms with Crippen molar-refractivity contribution in [1.82, 2.24) is 28.9 Å². The molecule has 3 heterocycles. The molecule has 8 rings (SSSR count). The standard InChI is InChI=1S/C17H13FN4O4S.C11H9FN4O2.C7H5NO.C6H5ClO2S.C4H4FN3O/c18-14-11-22(27(25,26)13-9-5-2-6-10-13)17(24)21-15(14)20-16(23)19-12-7-3-1-4-8-12;12-8-6-13-10(17)15-9(8)16-11(18)14-7-4-2-1-3-5-7;9-6-8-7-4-2-1-3-5-7;7-10(8,9)6-4-2-1-3-5-6;5-2-1-7-4(9)8-3(2)6/h1-11H,(H2,19,20,21,23,24);1-6H,(H3,13,14,15,16,17,18);1-5H;1-5H;1H,(H3,6,7,8,9). The molecular weight excluding hydrogens is 1030 g/mol. The van der Waals surface area contributed by atoms with Crippen LogP contribution in [0.25, 0.3) is 0 Å². The lowest BCUT2D eigenvalue weighted by Gasteiger charge is -2.10. The SMILES string of the molecule is Nc1[nH]c(=O)ncc1F.O=C(Nc1ccccc1)Nc1[nH]c(=O)ncc1F.O=C(Nc1ccccc1)Nc1nc(=O)n(S(=O)(=O)c2ccccc2)cc1F.O=C=Nc1ccccc1.O=S(=O)(Cl)c1ccccc1. The molecule has 0 saturated heterocycles. The van der Waals surface area contributed by atoms with E-state index in [1.807, 2.05) is 23.2 Å². The highest BCUT2D eigenvalue weighted by Crippen LogP contribution is 2.16. The van der Waals surface area contributed by atoms with E-state index in [-0.39, 0.29) is 25.4 Å². The Morgan fingerprint density at radius 3 is 1.49 bits per heavy atom. The highest BCUT2D eigenvalue weighted by Gasteiger charge is 2.22. The van der Waals surface area contributed by atoms with Gasteiger partial charge in [-0.2, -0.15) is 23.9 Å². The van der Waals surface area contributed by atoms with Gasteiger partial charge in [-0.05, 0) is 60.7 Å². The van der Waals surface area contributed by atoms with Crippen LogP contribution in [0.2, 0.25) is 0 Å². The maximum Gasteiger partial charge on any atom is 0.363 e. The van der Waals surface area contributed by atoms with Gasteiger partial charge in [0.1, 0.15) is 5.82 Å². The molecule has 0 aliphatic rings. The zero-order valence-electron chi connectivity index (χ0n) is 36.9. The first-order chi connectivity index (χ1) is 34.8. The topological polar surface area (TPSA) is 332 Å². The summed E-state index contributed by atoms with van der Waals surface area (Å²) in [7, 11) is -2.81. The molecule has 0 unspecified atom stereocenters. The Kier molecular flexibility index (Phi) is 21.2. The molecule has 28 heteroatoms. The van der Waals surface area contributed by atoms with Gasteiger partial charge in [-0.1, -0.05) is 91.0 Å². The quantitative estimate of drug-likeness (QED) is 0.0481. The number of halogens is 4. The number of urea groups is 2. The smallest absolute Gasteiger partial charge is 0.363 e. The zero-order valence-corrected chi connectivity index (χ0v) is 39.3. The number of nitrogens with zero attached hydrogens (tertiary/aromatic N) is 5. The van der Waals surface area contributed by atoms with E-state index in [9.17, 15) is 58.8 Å². The van der Waals surface area contributed by atoms with E-state index in [0.717, 1.165) is 12.4 Å². The lowest BCUT2D eigenvalue weighted by Crippen LogP contribution is -2.32. The fraction of sp³-hybridized carbons (Fsp3) is 0. The van der Waals surface area contributed by atoms with Crippen molar-refractivity contribution in [1.29, 1.82) is 0 Å². The third-order valence-electron chi connectivity index (χ3n) is 8.20. The summed E-state index contributed by atoms with van der Waals surface area (Å²) >= 11 is 0. The van der Waals surface area contributed by atoms with Gasteiger partial charge >= 0.3 is 29.1 Å². The van der Waals surface area contributed by atoms with E-state index in [4.69, 9.17) is 16.4 Å². The third-order valence-corrected chi connectivity index (χ3v) is 11.2. The van der Waals surface area contributed by atoms with Crippen molar-refractivity contribution < 1.29 is 44.4 Å². The Morgan fingerprint density at radius 2 is 1.04 bits per heavy atom. The predicted molar refractivity (Wildman–Crippen MR) is 263 cm³/mol. The van der Waals surface area contributed by atoms with Crippen LogP contribution in [0.5, 0.6) is 0 Å². The van der Waals surface area contributed by atoms with Gasteiger partial charge in [-0.3, -0.25) is 20.6 Å². The summed E-state index contributed by atoms with van der Waals surface area (Å²) in [6.07, 6.45) is 3.43. The summed E-state index contributed by atoms with van der Waals surface area (Å²) in [5.41, 5.74) is 3.94. The van der Waals surface area contributed by atoms with E-state index in [2.05, 4.69) is 46.2 Å². The Bertz CT molecular complexity index is 3570. The molecule has 0 aliphatic heterocycles. The van der Waals surface area contributed by atoms with Crippen LogP contribution in [-0.2, 0) is 23.9 Å². The van der Waals surface area contributed by atoms with Crippen LogP contribution in [0.15, 0.2) is 199 Å². The van der Waals surface area contributed by atoms with Gasteiger partial charge in [0.2, 0.25) is 6.08 Å². The van der Waals surface area contributed by atoms with Crippen LogP contribution in [0.4, 0.5) is 57.3 Å². The number of hydrogen-bond acceptors (Lipinski definition) is 15. The highest BCUT2D eigenvalue weighted by molar-refractivity contribution is 8.13. The summed E-state index contributed by atoms with van der Waals surface area (Å²) in [5.74, 6) is -4.02. The van der Waals surface area contributed by atoms with Gasteiger partial charge in [0.05, 0.1) is 34.1 Å². The minimum atomic E-state index is -4.31. The van der Waals surface area contributed by atoms with Crippen LogP contribution >= 0.6 is 10.7 Å². The number of carbonyl (C=O) groups is 2. The van der Waals surface area contributed by atoms with Crippen molar-refractivity contribution >= 4 is 82.4 Å². The molecule has 0 aliphatic carbocycles. The number of hydrogen-bond donors (Lipinski definition) is 7. The predicted octanol–water partition coefficient (Wildman–Crippen LogP) is 6.58. The number of aromatic nitrogens is 6. The van der Waals surface area contributed by atoms with Crippen LogP contribution in [0, 0.1) is 17.5 Å². The number of benzene rings is 5. The maximum atomic E-state index is 14.2. The first kappa shape index (κ1) is 56.0. The van der Waals surface area contributed by atoms with Gasteiger partial charge in [0.25, 0.3) is 19.1 Å². The number of isocyanates is 1. The average molecular weight is 1060 g/mol. The number of aromatic amines is 2. The van der Waals surface area contributed by atoms with Crippen molar-refractivity contribution in [3.8, 4) is 0 Å². The van der Waals surface area contributed by atoms with Crippen molar-refractivity contribution in [3.05, 3.63) is 219 Å². The molecule has 0 radical (unpaired) electrons. The number of nitrogens with one attached hydrogen (secondary N) is 6. The number of H-pyrrole nitrogens is 2. The first-order valence-electron chi connectivity index (χ1n) is 20.0. The molecule has 0 atom stereocenters. The molecule has 0 bridgehead atoms. The van der Waals surface area contributed by atoms with Crippen molar-refractivity contribution in [2.75, 3.05) is 27.0 Å². The van der Waals surface area contributed by atoms with Gasteiger partial charge in [0.15, 0.2) is 29.1 Å². The van der Waals surface area contributed by atoms with Crippen LogP contribution in [0.1, 0.15) is 0 Å². The number of nitrogen functional groups attached to an aromatic ring is 1. The van der Waals surface area contributed by atoms with E-state index in [1.165, 1.54) is 42.5 Å².